The lowest BCUT2D eigenvalue weighted by molar-refractivity contribution is -0.150. The summed E-state index contributed by atoms with van der Waals surface area (Å²) >= 11 is 0. The van der Waals surface area contributed by atoms with E-state index in [2.05, 4.69) is 10.6 Å². The van der Waals surface area contributed by atoms with Crippen LogP contribution in [0.3, 0.4) is 0 Å². The number of methoxy groups -OCH3 is 2. The molecule has 0 unspecified atom stereocenters. The summed E-state index contributed by atoms with van der Waals surface area (Å²) in [5, 5.41) is 14.9. The zero-order chi connectivity index (χ0) is 25.0. The van der Waals surface area contributed by atoms with Crippen LogP contribution >= 0.6 is 0 Å². The Morgan fingerprint density at radius 1 is 0.758 bits per heavy atom. The van der Waals surface area contributed by atoms with Gasteiger partial charge in [0.15, 0.2) is 0 Å². The van der Waals surface area contributed by atoms with Crippen LogP contribution in [0.1, 0.15) is 71.6 Å². The molecule has 1 fully saturated rings. The average Bonchev–Trinajstić information content (AvgIpc) is 2.82. The number of ether oxygens (including phenoxy) is 2. The summed E-state index contributed by atoms with van der Waals surface area (Å²) < 4.78 is 9.54. The molecular formula is C23H38N2O8. The number of amides is 2. The number of carboxylic acid groups (broad SMARTS) is 1. The van der Waals surface area contributed by atoms with E-state index in [1.54, 1.807) is 0 Å². The van der Waals surface area contributed by atoms with Gasteiger partial charge in [0.2, 0.25) is 11.8 Å². The molecule has 5 atom stereocenters. The molecule has 10 heteroatoms. The smallest absolute Gasteiger partial charge is 0.328 e. The Hall–Kier alpha value is -2.65. The van der Waals surface area contributed by atoms with Crippen molar-refractivity contribution in [2.45, 2.75) is 83.7 Å². The number of esters is 2. The maximum absolute atomic E-state index is 12.9. The number of hydrogen-bond acceptors (Lipinski definition) is 7. The molecule has 1 saturated carbocycles. The molecule has 0 radical (unpaired) electrons. The topological polar surface area (TPSA) is 148 Å². The van der Waals surface area contributed by atoms with Crippen molar-refractivity contribution in [2.24, 2.45) is 17.8 Å². The molecule has 0 spiro atoms. The van der Waals surface area contributed by atoms with E-state index in [1.165, 1.54) is 14.2 Å². The summed E-state index contributed by atoms with van der Waals surface area (Å²) in [5.74, 6) is -5.54. The lowest BCUT2D eigenvalue weighted by Gasteiger charge is -2.33. The van der Waals surface area contributed by atoms with Crippen LogP contribution in [0.15, 0.2) is 0 Å². The molecule has 0 aliphatic heterocycles. The Morgan fingerprint density at radius 2 is 1.12 bits per heavy atom. The molecule has 1 rings (SSSR count). The second-order valence-electron chi connectivity index (χ2n) is 8.59. The highest BCUT2D eigenvalue weighted by molar-refractivity contribution is 5.89. The van der Waals surface area contributed by atoms with Gasteiger partial charge in [-0.2, -0.15) is 0 Å². The van der Waals surface area contributed by atoms with Gasteiger partial charge in [0.05, 0.1) is 20.1 Å². The van der Waals surface area contributed by atoms with Crippen LogP contribution in [0.5, 0.6) is 0 Å². The van der Waals surface area contributed by atoms with Gasteiger partial charge in [0.1, 0.15) is 12.1 Å². The van der Waals surface area contributed by atoms with Gasteiger partial charge in [-0.1, -0.05) is 39.5 Å². The fraction of sp³-hybridized carbons (Fsp3) is 0.783. The highest BCUT2D eigenvalue weighted by Gasteiger charge is 2.40. The fourth-order valence-electron chi connectivity index (χ4n) is 4.13. The van der Waals surface area contributed by atoms with Gasteiger partial charge < -0.3 is 25.2 Å². The van der Waals surface area contributed by atoms with Crippen molar-refractivity contribution in [1.82, 2.24) is 10.6 Å². The van der Waals surface area contributed by atoms with Crippen LogP contribution in [0.4, 0.5) is 0 Å². The minimum absolute atomic E-state index is 0.0723. The number of carbonyl (C=O) groups excluding carboxylic acids is 4. The summed E-state index contributed by atoms with van der Waals surface area (Å²) in [6.07, 6.45) is 4.17. The van der Waals surface area contributed by atoms with Crippen molar-refractivity contribution in [1.29, 1.82) is 0 Å². The van der Waals surface area contributed by atoms with E-state index in [9.17, 15) is 29.1 Å². The molecule has 1 aliphatic rings. The van der Waals surface area contributed by atoms with Crippen LogP contribution in [0, 0.1) is 17.8 Å². The molecular weight excluding hydrogens is 432 g/mol. The molecule has 0 heterocycles. The normalized spacial score (nSPS) is 21.9. The molecule has 0 bridgehead atoms. The first-order valence-corrected chi connectivity index (χ1v) is 11.7. The minimum atomic E-state index is -1.09. The number of hydrogen-bond donors (Lipinski definition) is 3. The van der Waals surface area contributed by atoms with Crippen LogP contribution in [-0.4, -0.2) is 61.1 Å². The van der Waals surface area contributed by atoms with Gasteiger partial charge in [-0.3, -0.25) is 14.4 Å². The number of aliphatic carboxylic acids is 1. The maximum atomic E-state index is 12.9. The zero-order valence-electron chi connectivity index (χ0n) is 20.1. The van der Waals surface area contributed by atoms with Crippen LogP contribution in [0.2, 0.25) is 0 Å². The van der Waals surface area contributed by atoms with Crippen molar-refractivity contribution in [3.63, 3.8) is 0 Å². The second-order valence-corrected chi connectivity index (χ2v) is 8.59. The maximum Gasteiger partial charge on any atom is 0.328 e. The first kappa shape index (κ1) is 28.4. The van der Waals surface area contributed by atoms with Crippen molar-refractivity contribution < 1.29 is 38.6 Å². The Kier molecular flexibility index (Phi) is 12.5. The highest BCUT2D eigenvalue weighted by Crippen LogP contribution is 2.34. The summed E-state index contributed by atoms with van der Waals surface area (Å²) in [6, 6.07) is -1.64. The van der Waals surface area contributed by atoms with Crippen molar-refractivity contribution in [2.75, 3.05) is 14.2 Å². The van der Waals surface area contributed by atoms with E-state index in [0.29, 0.717) is 25.7 Å². The molecule has 0 aromatic carbocycles. The van der Waals surface area contributed by atoms with Gasteiger partial charge in [-0.05, 0) is 32.1 Å². The number of carboxylic acids is 1. The van der Waals surface area contributed by atoms with Crippen molar-refractivity contribution >= 4 is 29.7 Å². The summed E-state index contributed by atoms with van der Waals surface area (Å²) in [5.41, 5.74) is 0. The van der Waals surface area contributed by atoms with E-state index in [0.717, 1.165) is 12.8 Å². The lowest BCUT2D eigenvalue weighted by Crippen LogP contribution is -2.49. The summed E-state index contributed by atoms with van der Waals surface area (Å²) in [4.78, 5) is 61.7. The quantitative estimate of drug-likeness (QED) is 0.345. The minimum Gasteiger partial charge on any atom is -0.481 e. The Morgan fingerprint density at radius 3 is 1.42 bits per heavy atom. The van der Waals surface area contributed by atoms with E-state index in [1.807, 2.05) is 13.8 Å². The molecule has 3 N–H and O–H groups in total. The third-order valence-electron chi connectivity index (χ3n) is 6.10. The zero-order valence-corrected chi connectivity index (χ0v) is 20.1. The molecule has 188 valence electrons. The number of rotatable bonds is 13. The van der Waals surface area contributed by atoms with E-state index >= 15 is 0 Å². The Labute approximate surface area is 195 Å². The predicted octanol–water partition coefficient (Wildman–Crippen LogP) is 1.80. The third kappa shape index (κ3) is 9.01. The Bertz CT molecular complexity index is 646. The van der Waals surface area contributed by atoms with Crippen LogP contribution in [0.25, 0.3) is 0 Å². The summed E-state index contributed by atoms with van der Waals surface area (Å²) in [7, 11) is 2.48. The van der Waals surface area contributed by atoms with Gasteiger partial charge in [0, 0.05) is 11.8 Å². The largest absolute Gasteiger partial charge is 0.481 e. The molecule has 1 aliphatic carbocycles. The average molecular weight is 471 g/mol. The lowest BCUT2D eigenvalue weighted by atomic mass is 9.74. The standard InChI is InChI=1S/C23H38N2O8/c1-5-7-9-17(22(30)32-3)24-19(26)14-11-15(13-16(12-14)21(28)29)20(27)25-18(10-8-6-2)23(31)33-4/h14-18H,5-13H2,1-4H3,(H,24,26)(H,25,27)(H,28,29)/t14-,15+,16-,17-,18-/m0/s1. The SMILES string of the molecule is CCCC[C@H](NC(=O)[C@@H]1C[C@H](C(=O)O)C[C@H](C(=O)N[C@@H](CCCC)C(=O)OC)C1)C(=O)OC. The third-order valence-corrected chi connectivity index (χ3v) is 6.10. The molecule has 0 aromatic rings. The van der Waals surface area contributed by atoms with Gasteiger partial charge in [-0.25, -0.2) is 9.59 Å². The number of unbranched alkanes of at least 4 members (excludes halogenated alkanes) is 2. The van der Waals surface area contributed by atoms with Gasteiger partial charge in [0.25, 0.3) is 0 Å². The van der Waals surface area contributed by atoms with E-state index < -0.39 is 59.6 Å². The highest BCUT2D eigenvalue weighted by atomic mass is 16.5. The molecule has 0 saturated heterocycles. The molecule has 2 amide bonds. The van der Waals surface area contributed by atoms with Crippen molar-refractivity contribution in [3.8, 4) is 0 Å². The second kappa shape index (κ2) is 14.5. The van der Waals surface area contributed by atoms with Crippen molar-refractivity contribution in [3.05, 3.63) is 0 Å². The molecule has 33 heavy (non-hydrogen) atoms. The first-order chi connectivity index (χ1) is 15.7. The molecule has 0 aromatic heterocycles. The van der Waals surface area contributed by atoms with Gasteiger partial charge in [-0.15, -0.1) is 0 Å². The predicted molar refractivity (Wildman–Crippen MR) is 119 cm³/mol. The fourth-order valence-corrected chi connectivity index (χ4v) is 4.13. The van der Waals surface area contributed by atoms with Crippen LogP contribution < -0.4 is 10.6 Å². The Balaban J connectivity index is 2.95. The number of nitrogens with one attached hydrogen (secondary N) is 2. The summed E-state index contributed by atoms with van der Waals surface area (Å²) in [6.45, 7) is 3.92. The first-order valence-electron chi connectivity index (χ1n) is 11.7. The van der Waals surface area contributed by atoms with E-state index in [4.69, 9.17) is 9.47 Å². The van der Waals surface area contributed by atoms with Gasteiger partial charge >= 0.3 is 17.9 Å². The monoisotopic (exact) mass is 470 g/mol. The number of carbonyl (C=O) groups is 5. The van der Waals surface area contributed by atoms with E-state index in [-0.39, 0.29) is 19.3 Å². The molecule has 10 nitrogen and oxygen atoms in total. The van der Waals surface area contributed by atoms with Crippen LogP contribution in [-0.2, 0) is 33.4 Å².